The van der Waals surface area contributed by atoms with Gasteiger partial charge in [-0.3, -0.25) is 9.59 Å². The van der Waals surface area contributed by atoms with E-state index in [9.17, 15) is 18.0 Å². The lowest BCUT2D eigenvalue weighted by molar-refractivity contribution is -0.116. The fourth-order valence-corrected chi connectivity index (χ4v) is 5.17. The summed E-state index contributed by atoms with van der Waals surface area (Å²) in [5.74, 6) is -0.878. The van der Waals surface area contributed by atoms with Crippen LogP contribution in [0.3, 0.4) is 0 Å². The Kier molecular flexibility index (Phi) is 6.32. The summed E-state index contributed by atoms with van der Waals surface area (Å²) in [6.07, 6.45) is 0.187. The first-order chi connectivity index (χ1) is 13.2. The molecule has 28 heavy (non-hydrogen) atoms. The third-order valence-electron chi connectivity index (χ3n) is 4.11. The minimum Gasteiger partial charge on any atom is -0.326 e. The maximum absolute atomic E-state index is 12.6. The van der Waals surface area contributed by atoms with Gasteiger partial charge in [0.05, 0.1) is 16.3 Å². The fourth-order valence-electron chi connectivity index (χ4n) is 2.73. The molecule has 148 valence electrons. The first kappa shape index (κ1) is 20.7. The van der Waals surface area contributed by atoms with Gasteiger partial charge in [0.25, 0.3) is 0 Å². The Bertz CT molecular complexity index is 1010. The molecule has 0 bridgehead atoms. The fraction of sp³-hybridized carbons (Fsp3) is 0.263. The van der Waals surface area contributed by atoms with Crippen molar-refractivity contribution in [3.8, 4) is 0 Å². The van der Waals surface area contributed by atoms with E-state index in [-0.39, 0.29) is 28.2 Å². The zero-order chi connectivity index (χ0) is 20.3. The van der Waals surface area contributed by atoms with Gasteiger partial charge in [-0.1, -0.05) is 18.5 Å². The first-order valence-electron chi connectivity index (χ1n) is 8.62. The number of benzene rings is 2. The van der Waals surface area contributed by atoms with Gasteiger partial charge in [0.15, 0.2) is 9.84 Å². The van der Waals surface area contributed by atoms with E-state index < -0.39 is 15.7 Å². The number of carbonyl (C=O) groups is 2. The second kappa shape index (κ2) is 8.55. The van der Waals surface area contributed by atoms with Crippen molar-refractivity contribution in [1.82, 2.24) is 0 Å². The van der Waals surface area contributed by atoms with E-state index in [0.717, 1.165) is 4.90 Å². The number of anilines is 2. The van der Waals surface area contributed by atoms with Crippen LogP contribution >= 0.6 is 23.4 Å². The maximum Gasteiger partial charge on any atom is 0.225 e. The number of halogens is 1. The van der Waals surface area contributed by atoms with Gasteiger partial charge < -0.3 is 10.6 Å². The van der Waals surface area contributed by atoms with Crippen LogP contribution in [0.25, 0.3) is 0 Å². The van der Waals surface area contributed by atoms with Crippen LogP contribution in [0.1, 0.15) is 19.8 Å². The highest BCUT2D eigenvalue weighted by molar-refractivity contribution is 8.00. The third kappa shape index (κ3) is 5.27. The van der Waals surface area contributed by atoms with Crippen molar-refractivity contribution in [3.63, 3.8) is 0 Å². The molecule has 6 nitrogen and oxygen atoms in total. The van der Waals surface area contributed by atoms with E-state index >= 15 is 0 Å². The van der Waals surface area contributed by atoms with Crippen LogP contribution in [0.4, 0.5) is 11.4 Å². The Balaban J connectivity index is 1.68. The van der Waals surface area contributed by atoms with Crippen LogP contribution in [0.15, 0.2) is 52.3 Å². The normalized spacial score (nSPS) is 16.6. The Hall–Kier alpha value is -2.03. The summed E-state index contributed by atoms with van der Waals surface area (Å²) in [5, 5.41) is 6.05. The van der Waals surface area contributed by atoms with E-state index in [2.05, 4.69) is 10.6 Å². The molecule has 1 aliphatic rings. The van der Waals surface area contributed by atoms with Gasteiger partial charge in [-0.25, -0.2) is 8.42 Å². The second-order valence-corrected chi connectivity index (χ2v) is 10.5. The van der Waals surface area contributed by atoms with Crippen molar-refractivity contribution in [2.45, 2.75) is 34.8 Å². The molecule has 0 aromatic heterocycles. The number of rotatable bonds is 5. The number of hydrogen-bond donors (Lipinski definition) is 2. The summed E-state index contributed by atoms with van der Waals surface area (Å²) in [6.45, 7) is 1.95. The number of amides is 2. The molecule has 1 atom stereocenters. The van der Waals surface area contributed by atoms with Crippen LogP contribution in [0.2, 0.25) is 5.02 Å². The van der Waals surface area contributed by atoms with Crippen LogP contribution in [0, 0.1) is 0 Å². The molecule has 2 aromatic carbocycles. The average Bonchev–Trinajstić information content (AvgIpc) is 2.77. The smallest absolute Gasteiger partial charge is 0.225 e. The molecule has 9 heteroatoms. The van der Waals surface area contributed by atoms with E-state index in [4.69, 9.17) is 11.6 Å². The topological polar surface area (TPSA) is 92.3 Å². The summed E-state index contributed by atoms with van der Waals surface area (Å²) in [5.41, 5.74) is 1.04. The largest absolute Gasteiger partial charge is 0.326 e. The summed E-state index contributed by atoms with van der Waals surface area (Å²) in [4.78, 5) is 24.9. The molecule has 0 radical (unpaired) electrons. The number of sulfone groups is 1. The Morgan fingerprint density at radius 3 is 2.68 bits per heavy atom. The lowest BCUT2D eigenvalue weighted by Crippen LogP contribution is -2.18. The SMILES string of the molecule is C[C@@H]1CC(=O)Nc2cc(S(=O)(=O)CCC(=O)Nc3ccc(Cl)cc3)ccc2S1. The van der Waals surface area contributed by atoms with Gasteiger partial charge in [0, 0.05) is 33.7 Å². The predicted molar refractivity (Wildman–Crippen MR) is 112 cm³/mol. The molecule has 3 rings (SSSR count). The summed E-state index contributed by atoms with van der Waals surface area (Å²) >= 11 is 7.32. The highest BCUT2D eigenvalue weighted by Crippen LogP contribution is 2.36. The predicted octanol–water partition coefficient (Wildman–Crippen LogP) is 3.97. The van der Waals surface area contributed by atoms with Gasteiger partial charge in [-0.05, 0) is 42.5 Å². The van der Waals surface area contributed by atoms with Crippen LogP contribution in [-0.2, 0) is 19.4 Å². The number of carbonyl (C=O) groups excluding carboxylic acids is 2. The first-order valence-corrected chi connectivity index (χ1v) is 11.5. The quantitative estimate of drug-likeness (QED) is 0.736. The molecule has 1 heterocycles. The van der Waals surface area contributed by atoms with Crippen LogP contribution < -0.4 is 10.6 Å². The second-order valence-electron chi connectivity index (χ2n) is 6.46. The van der Waals surface area contributed by atoms with Crippen molar-refractivity contribution >= 4 is 56.4 Å². The van der Waals surface area contributed by atoms with Crippen molar-refractivity contribution in [2.24, 2.45) is 0 Å². The van der Waals surface area contributed by atoms with Crippen molar-refractivity contribution in [3.05, 3.63) is 47.5 Å². The summed E-state index contributed by atoms with van der Waals surface area (Å²) in [6, 6.07) is 11.2. The average molecular weight is 439 g/mol. The van der Waals surface area contributed by atoms with Crippen molar-refractivity contribution < 1.29 is 18.0 Å². The van der Waals surface area contributed by atoms with Gasteiger partial charge in [-0.2, -0.15) is 0 Å². The highest BCUT2D eigenvalue weighted by atomic mass is 35.5. The zero-order valence-electron chi connectivity index (χ0n) is 15.1. The van der Waals surface area contributed by atoms with Gasteiger partial charge in [0.1, 0.15) is 0 Å². The summed E-state index contributed by atoms with van der Waals surface area (Å²) in [7, 11) is -3.67. The van der Waals surface area contributed by atoms with Crippen LogP contribution in [0.5, 0.6) is 0 Å². The molecule has 2 N–H and O–H groups in total. The number of hydrogen-bond acceptors (Lipinski definition) is 5. The van der Waals surface area contributed by atoms with E-state index in [1.807, 2.05) is 6.92 Å². The van der Waals surface area contributed by atoms with Gasteiger partial charge in [-0.15, -0.1) is 11.8 Å². The molecule has 2 aromatic rings. The molecule has 2 amide bonds. The lowest BCUT2D eigenvalue weighted by Gasteiger charge is -2.11. The highest BCUT2D eigenvalue weighted by Gasteiger charge is 2.22. The molecule has 0 fully saturated rings. The van der Waals surface area contributed by atoms with Gasteiger partial charge >= 0.3 is 0 Å². The molecular formula is C19H19ClN2O4S2. The van der Waals surface area contributed by atoms with E-state index in [1.54, 1.807) is 30.3 Å². The lowest BCUT2D eigenvalue weighted by atomic mass is 10.3. The Morgan fingerprint density at radius 2 is 1.96 bits per heavy atom. The monoisotopic (exact) mass is 438 g/mol. The third-order valence-corrected chi connectivity index (χ3v) is 7.26. The minimum absolute atomic E-state index is 0.0843. The number of nitrogens with one attached hydrogen (secondary N) is 2. The molecule has 1 aliphatic heterocycles. The van der Waals surface area contributed by atoms with Gasteiger partial charge in [0.2, 0.25) is 11.8 Å². The summed E-state index contributed by atoms with van der Waals surface area (Å²) < 4.78 is 25.3. The van der Waals surface area contributed by atoms with Crippen molar-refractivity contribution in [2.75, 3.05) is 16.4 Å². The zero-order valence-corrected chi connectivity index (χ0v) is 17.5. The Morgan fingerprint density at radius 1 is 1.25 bits per heavy atom. The van der Waals surface area contributed by atoms with Crippen molar-refractivity contribution in [1.29, 1.82) is 0 Å². The minimum atomic E-state index is -3.67. The molecular weight excluding hydrogens is 420 g/mol. The standard InChI is InChI=1S/C19H19ClN2O4S2/c1-12-10-19(24)22-16-11-15(6-7-17(16)27-12)28(25,26)9-8-18(23)21-14-4-2-13(20)3-5-14/h2-7,11-12H,8-10H2,1H3,(H,21,23)(H,22,24)/t12-/m1/s1. The molecule has 0 saturated heterocycles. The molecule has 0 spiro atoms. The van der Waals surface area contributed by atoms with Crippen LogP contribution in [-0.4, -0.2) is 31.2 Å². The van der Waals surface area contributed by atoms with E-state index in [0.29, 0.717) is 22.8 Å². The molecule has 0 unspecified atom stereocenters. The molecule has 0 saturated carbocycles. The number of thioether (sulfide) groups is 1. The van der Waals surface area contributed by atoms with E-state index in [1.165, 1.54) is 23.9 Å². The molecule has 0 aliphatic carbocycles. The Labute approximate surface area is 173 Å². The number of fused-ring (bicyclic) bond motifs is 1. The maximum atomic E-state index is 12.6.